The normalized spacial score (nSPS) is 13.9. The highest BCUT2D eigenvalue weighted by Gasteiger charge is 2.26. The van der Waals surface area contributed by atoms with Crippen molar-refractivity contribution in [1.29, 1.82) is 0 Å². The molecule has 0 bridgehead atoms. The molecule has 1 amide bonds. The van der Waals surface area contributed by atoms with Gasteiger partial charge in [0, 0.05) is 21.9 Å². The number of hydrogen-bond donors (Lipinski definition) is 1. The molecular weight excluding hydrogens is 396 g/mol. The van der Waals surface area contributed by atoms with E-state index in [0.717, 1.165) is 29.1 Å². The van der Waals surface area contributed by atoms with Crippen LogP contribution in [0.2, 0.25) is 0 Å². The van der Waals surface area contributed by atoms with Gasteiger partial charge in [-0.3, -0.25) is 14.2 Å². The maximum atomic E-state index is 13.0. The summed E-state index contributed by atoms with van der Waals surface area (Å²) < 4.78 is 3.35. The fourth-order valence-electron chi connectivity index (χ4n) is 3.13. The summed E-state index contributed by atoms with van der Waals surface area (Å²) in [6.45, 7) is 0.206. The zero-order chi connectivity index (χ0) is 19.1. The smallest absolute Gasteiger partial charge is 0.263 e. The molecule has 1 aliphatic carbocycles. The average molecular weight is 413 g/mol. The minimum absolute atomic E-state index is 0.0843. The number of carbonyl (C=O) groups excluding carboxylic acids is 1. The molecule has 0 saturated heterocycles. The number of fused-ring (bicyclic) bond motifs is 1. The summed E-state index contributed by atoms with van der Waals surface area (Å²) in [7, 11) is 0. The van der Waals surface area contributed by atoms with Gasteiger partial charge in [0.15, 0.2) is 5.82 Å². The molecule has 1 fully saturated rings. The van der Waals surface area contributed by atoms with Gasteiger partial charge in [-0.25, -0.2) is 4.98 Å². The van der Waals surface area contributed by atoms with Crippen LogP contribution in [0.3, 0.4) is 0 Å². The number of rotatable bonds is 6. The number of aromatic nitrogens is 5. The van der Waals surface area contributed by atoms with E-state index in [4.69, 9.17) is 0 Å². The number of hydrogen-bond acceptors (Lipinski definition) is 7. The Kier molecular flexibility index (Phi) is 4.29. The van der Waals surface area contributed by atoms with E-state index < -0.39 is 0 Å². The fraction of sp³-hybridized carbons (Fsp3) is 0.278. The van der Waals surface area contributed by atoms with E-state index in [0.29, 0.717) is 22.8 Å². The van der Waals surface area contributed by atoms with Crippen molar-refractivity contribution in [3.63, 3.8) is 0 Å². The monoisotopic (exact) mass is 412 g/mol. The summed E-state index contributed by atoms with van der Waals surface area (Å²) in [5.74, 6) is 0.469. The van der Waals surface area contributed by atoms with E-state index >= 15 is 0 Å². The van der Waals surface area contributed by atoms with Crippen LogP contribution in [-0.2, 0) is 17.9 Å². The molecular formula is C18H16N6O2S2. The highest BCUT2D eigenvalue weighted by Crippen LogP contribution is 2.35. The standard InChI is InChI=1S/C18H16N6O2S2/c25-15(19-6-14-22-21-10-24(14)11-3-4-11)7-23-9-20-17-16(18(23)26)12(8-28-17)13-2-1-5-27-13/h1-2,5,8-11H,3-4,6-7H2,(H,19,25). The molecule has 0 aromatic carbocycles. The van der Waals surface area contributed by atoms with Crippen molar-refractivity contribution in [3.8, 4) is 10.4 Å². The van der Waals surface area contributed by atoms with Crippen LogP contribution in [0.4, 0.5) is 0 Å². The maximum absolute atomic E-state index is 13.0. The summed E-state index contributed by atoms with van der Waals surface area (Å²) >= 11 is 3.01. The van der Waals surface area contributed by atoms with Gasteiger partial charge in [0.1, 0.15) is 17.7 Å². The molecule has 8 nitrogen and oxygen atoms in total. The van der Waals surface area contributed by atoms with Crippen molar-refractivity contribution in [2.75, 3.05) is 0 Å². The second kappa shape index (κ2) is 6.95. The van der Waals surface area contributed by atoms with Gasteiger partial charge in [-0.2, -0.15) is 0 Å². The van der Waals surface area contributed by atoms with E-state index in [2.05, 4.69) is 20.5 Å². The van der Waals surface area contributed by atoms with Gasteiger partial charge >= 0.3 is 0 Å². The summed E-state index contributed by atoms with van der Waals surface area (Å²) in [5.41, 5.74) is 0.672. The zero-order valence-corrected chi connectivity index (χ0v) is 16.4. The van der Waals surface area contributed by atoms with E-state index in [1.807, 2.05) is 27.5 Å². The van der Waals surface area contributed by atoms with E-state index in [1.165, 1.54) is 22.2 Å². The van der Waals surface area contributed by atoms with Crippen molar-refractivity contribution in [2.24, 2.45) is 0 Å². The molecule has 4 heterocycles. The quantitative estimate of drug-likeness (QED) is 0.525. The Morgan fingerprint density at radius 2 is 2.18 bits per heavy atom. The van der Waals surface area contributed by atoms with Gasteiger partial charge in [-0.05, 0) is 24.3 Å². The maximum Gasteiger partial charge on any atom is 0.263 e. The third-order valence-corrected chi connectivity index (χ3v) is 6.48. The lowest BCUT2D eigenvalue weighted by atomic mass is 10.2. The number of thiophene rings is 2. The molecule has 4 aromatic rings. The molecule has 10 heteroatoms. The Balaban J connectivity index is 1.35. The molecule has 5 rings (SSSR count). The van der Waals surface area contributed by atoms with Gasteiger partial charge in [-0.15, -0.1) is 32.9 Å². The van der Waals surface area contributed by atoms with Gasteiger partial charge in [0.05, 0.1) is 18.3 Å². The van der Waals surface area contributed by atoms with Crippen molar-refractivity contribution in [1.82, 2.24) is 29.6 Å². The molecule has 0 unspecified atom stereocenters. The molecule has 1 aliphatic rings. The predicted octanol–water partition coefficient (Wildman–Crippen LogP) is 2.43. The lowest BCUT2D eigenvalue weighted by molar-refractivity contribution is -0.121. The van der Waals surface area contributed by atoms with E-state index in [9.17, 15) is 9.59 Å². The fourth-order valence-corrected chi connectivity index (χ4v) is 4.85. The third kappa shape index (κ3) is 3.14. The summed E-state index contributed by atoms with van der Waals surface area (Å²) in [6, 6.07) is 4.38. The lowest BCUT2D eigenvalue weighted by Crippen LogP contribution is -2.32. The minimum atomic E-state index is -0.262. The van der Waals surface area contributed by atoms with Crippen molar-refractivity contribution < 1.29 is 4.79 Å². The van der Waals surface area contributed by atoms with Crippen LogP contribution in [-0.4, -0.2) is 30.2 Å². The van der Waals surface area contributed by atoms with Crippen molar-refractivity contribution in [3.05, 3.63) is 51.7 Å². The summed E-state index contributed by atoms with van der Waals surface area (Å²) in [4.78, 5) is 31.4. The molecule has 4 aromatic heterocycles. The van der Waals surface area contributed by atoms with Crippen LogP contribution in [0.5, 0.6) is 0 Å². The van der Waals surface area contributed by atoms with Gasteiger partial charge in [0.25, 0.3) is 5.56 Å². The van der Waals surface area contributed by atoms with Crippen LogP contribution < -0.4 is 10.9 Å². The highest BCUT2D eigenvalue weighted by molar-refractivity contribution is 7.18. The first-order valence-electron chi connectivity index (χ1n) is 8.86. The van der Waals surface area contributed by atoms with Crippen molar-refractivity contribution >= 4 is 38.8 Å². The molecule has 0 atom stereocenters. The first kappa shape index (κ1) is 17.3. The molecule has 1 saturated carbocycles. The Bertz CT molecular complexity index is 1200. The Labute approximate surface area is 167 Å². The topological polar surface area (TPSA) is 94.7 Å². The Morgan fingerprint density at radius 3 is 2.96 bits per heavy atom. The second-order valence-corrected chi connectivity index (χ2v) is 8.45. The highest BCUT2D eigenvalue weighted by atomic mass is 32.1. The lowest BCUT2D eigenvalue weighted by Gasteiger charge is -2.08. The minimum Gasteiger partial charge on any atom is -0.347 e. The Hall–Kier alpha value is -2.85. The van der Waals surface area contributed by atoms with Crippen LogP contribution >= 0.6 is 22.7 Å². The van der Waals surface area contributed by atoms with Gasteiger partial charge < -0.3 is 9.88 Å². The van der Waals surface area contributed by atoms with Gasteiger partial charge in [0.2, 0.25) is 5.91 Å². The number of nitrogens with one attached hydrogen (secondary N) is 1. The summed E-state index contributed by atoms with van der Waals surface area (Å²) in [5, 5.41) is 15.3. The molecule has 1 N–H and O–H groups in total. The van der Waals surface area contributed by atoms with Crippen LogP contribution in [0.1, 0.15) is 24.7 Å². The largest absolute Gasteiger partial charge is 0.347 e. The second-order valence-electron chi connectivity index (χ2n) is 6.65. The van der Waals surface area contributed by atoms with Crippen LogP contribution in [0.15, 0.2) is 40.3 Å². The van der Waals surface area contributed by atoms with Crippen molar-refractivity contribution in [2.45, 2.75) is 32.0 Å². The molecule has 142 valence electrons. The molecule has 0 aliphatic heterocycles. The summed E-state index contributed by atoms with van der Waals surface area (Å²) in [6.07, 6.45) is 5.37. The Morgan fingerprint density at radius 1 is 1.29 bits per heavy atom. The van der Waals surface area contributed by atoms with E-state index in [1.54, 1.807) is 17.7 Å². The molecule has 0 spiro atoms. The average Bonchev–Trinajstić information content (AvgIpc) is 3.12. The van der Waals surface area contributed by atoms with E-state index in [-0.39, 0.29) is 18.0 Å². The van der Waals surface area contributed by atoms with Crippen LogP contribution in [0, 0.1) is 0 Å². The number of amides is 1. The first-order valence-corrected chi connectivity index (χ1v) is 10.6. The predicted molar refractivity (Wildman–Crippen MR) is 107 cm³/mol. The third-order valence-electron chi connectivity index (χ3n) is 4.69. The van der Waals surface area contributed by atoms with Crippen LogP contribution in [0.25, 0.3) is 20.7 Å². The van der Waals surface area contributed by atoms with Gasteiger partial charge in [-0.1, -0.05) is 6.07 Å². The zero-order valence-electron chi connectivity index (χ0n) is 14.7. The number of carbonyl (C=O) groups is 1. The SMILES string of the molecule is O=C(Cn1cnc2scc(-c3cccs3)c2c1=O)NCc1nncn1C1CC1. The number of nitrogens with zero attached hydrogens (tertiary/aromatic N) is 5. The molecule has 28 heavy (non-hydrogen) atoms. The molecule has 0 radical (unpaired) electrons. The first-order chi connectivity index (χ1) is 13.7.